The molecule has 2 rings (SSSR count). The van der Waals surface area contributed by atoms with Crippen molar-refractivity contribution >= 4 is 5.97 Å². The third-order valence-corrected chi connectivity index (χ3v) is 2.01. The van der Waals surface area contributed by atoms with Crippen LogP contribution >= 0.6 is 0 Å². The molecule has 0 atom stereocenters. The number of carboxylic acid groups (broad SMARTS) is 1. The van der Waals surface area contributed by atoms with Gasteiger partial charge in [0.15, 0.2) is 5.82 Å². The molecule has 0 saturated heterocycles. The van der Waals surface area contributed by atoms with Crippen LogP contribution in [0.3, 0.4) is 0 Å². The lowest BCUT2D eigenvalue weighted by molar-refractivity contribution is 0.0696. The van der Waals surface area contributed by atoms with Crippen molar-refractivity contribution in [1.29, 1.82) is 0 Å². The minimum Gasteiger partial charge on any atom is -0.478 e. The Hall–Kier alpha value is -2.31. The molecule has 0 bridgehead atoms. The SMILES string of the molecule is Cc1nc(C)n(-c2nnccc2C(=O)O)n1. The van der Waals surface area contributed by atoms with E-state index in [9.17, 15) is 4.79 Å². The summed E-state index contributed by atoms with van der Waals surface area (Å²) in [4.78, 5) is 15.1. The van der Waals surface area contributed by atoms with E-state index in [0.29, 0.717) is 11.6 Å². The normalized spacial score (nSPS) is 10.4. The van der Waals surface area contributed by atoms with Crippen LogP contribution in [0.1, 0.15) is 22.0 Å². The highest BCUT2D eigenvalue weighted by Crippen LogP contribution is 2.11. The molecule has 2 heterocycles. The lowest BCUT2D eigenvalue weighted by atomic mass is 10.3. The van der Waals surface area contributed by atoms with E-state index in [-0.39, 0.29) is 11.4 Å². The summed E-state index contributed by atoms with van der Waals surface area (Å²) in [7, 11) is 0. The summed E-state index contributed by atoms with van der Waals surface area (Å²) in [5, 5.41) is 20.5. The standard InChI is InChI=1S/C9H9N5O2/c1-5-11-6(2)14(13-5)8-7(9(15)16)3-4-10-12-8/h3-4H,1-2H3,(H,15,16). The number of nitrogens with zero attached hydrogens (tertiary/aromatic N) is 5. The Morgan fingerprint density at radius 3 is 2.75 bits per heavy atom. The maximum atomic E-state index is 11.0. The van der Waals surface area contributed by atoms with E-state index < -0.39 is 5.97 Å². The molecule has 7 heteroatoms. The van der Waals surface area contributed by atoms with Gasteiger partial charge < -0.3 is 5.11 Å². The Balaban J connectivity index is 2.64. The predicted molar refractivity (Wildman–Crippen MR) is 53.4 cm³/mol. The first-order chi connectivity index (χ1) is 7.59. The van der Waals surface area contributed by atoms with Crippen LogP contribution in [0, 0.1) is 13.8 Å². The van der Waals surface area contributed by atoms with Gasteiger partial charge in [-0.05, 0) is 19.9 Å². The number of carbonyl (C=O) groups is 1. The van der Waals surface area contributed by atoms with Gasteiger partial charge in [0, 0.05) is 0 Å². The first-order valence-electron chi connectivity index (χ1n) is 4.55. The molecule has 0 aliphatic carbocycles. The average Bonchev–Trinajstić information content (AvgIpc) is 2.57. The zero-order chi connectivity index (χ0) is 11.7. The summed E-state index contributed by atoms with van der Waals surface area (Å²) in [6.45, 7) is 3.45. The van der Waals surface area contributed by atoms with E-state index >= 15 is 0 Å². The molecule has 0 amide bonds. The van der Waals surface area contributed by atoms with Crippen molar-refractivity contribution in [1.82, 2.24) is 25.0 Å². The maximum Gasteiger partial charge on any atom is 0.339 e. The van der Waals surface area contributed by atoms with Crippen molar-refractivity contribution in [2.75, 3.05) is 0 Å². The van der Waals surface area contributed by atoms with Gasteiger partial charge in [-0.3, -0.25) is 0 Å². The Morgan fingerprint density at radius 1 is 1.44 bits per heavy atom. The minimum absolute atomic E-state index is 0.0444. The molecule has 0 aliphatic rings. The highest BCUT2D eigenvalue weighted by Gasteiger charge is 2.16. The Bertz CT molecular complexity index is 549. The quantitative estimate of drug-likeness (QED) is 0.784. The summed E-state index contributed by atoms with van der Waals surface area (Å²) in [5.41, 5.74) is 0.0444. The minimum atomic E-state index is -1.07. The Morgan fingerprint density at radius 2 is 2.19 bits per heavy atom. The Kier molecular flexibility index (Phi) is 2.35. The van der Waals surface area contributed by atoms with Gasteiger partial charge in [-0.15, -0.1) is 10.2 Å². The van der Waals surface area contributed by atoms with Crippen molar-refractivity contribution < 1.29 is 9.90 Å². The second-order valence-corrected chi connectivity index (χ2v) is 3.19. The van der Waals surface area contributed by atoms with Gasteiger partial charge in [0.05, 0.1) is 6.20 Å². The molecule has 0 fully saturated rings. The van der Waals surface area contributed by atoms with E-state index in [2.05, 4.69) is 20.3 Å². The number of aromatic nitrogens is 5. The number of aryl methyl sites for hydroxylation is 2. The first-order valence-corrected chi connectivity index (χ1v) is 4.55. The second-order valence-electron chi connectivity index (χ2n) is 3.19. The molecule has 2 aromatic rings. The molecule has 0 aliphatic heterocycles. The molecule has 0 aromatic carbocycles. The topological polar surface area (TPSA) is 93.8 Å². The van der Waals surface area contributed by atoms with Gasteiger partial charge in [0.2, 0.25) is 0 Å². The van der Waals surface area contributed by atoms with Crippen LogP contribution in [0.15, 0.2) is 12.3 Å². The molecule has 16 heavy (non-hydrogen) atoms. The smallest absolute Gasteiger partial charge is 0.339 e. The largest absolute Gasteiger partial charge is 0.478 e. The van der Waals surface area contributed by atoms with Gasteiger partial charge >= 0.3 is 5.97 Å². The molecular formula is C9H9N5O2. The lowest BCUT2D eigenvalue weighted by Crippen LogP contribution is -2.11. The number of hydrogen-bond acceptors (Lipinski definition) is 5. The van der Waals surface area contributed by atoms with Gasteiger partial charge in [-0.1, -0.05) is 0 Å². The molecule has 1 N–H and O–H groups in total. The summed E-state index contributed by atoms with van der Waals surface area (Å²) >= 11 is 0. The molecule has 7 nitrogen and oxygen atoms in total. The fraction of sp³-hybridized carbons (Fsp3) is 0.222. The van der Waals surface area contributed by atoms with Crippen LogP contribution in [0.5, 0.6) is 0 Å². The third kappa shape index (κ3) is 1.62. The number of hydrogen-bond donors (Lipinski definition) is 1. The maximum absolute atomic E-state index is 11.0. The van der Waals surface area contributed by atoms with E-state index in [1.807, 2.05) is 0 Å². The van der Waals surface area contributed by atoms with Gasteiger partial charge in [0.1, 0.15) is 17.2 Å². The average molecular weight is 219 g/mol. The summed E-state index contributed by atoms with van der Waals surface area (Å²) < 4.78 is 1.37. The van der Waals surface area contributed by atoms with Gasteiger partial charge in [-0.25, -0.2) is 9.78 Å². The van der Waals surface area contributed by atoms with E-state index in [4.69, 9.17) is 5.11 Å². The van der Waals surface area contributed by atoms with Crippen LogP contribution in [0.2, 0.25) is 0 Å². The molecule has 0 saturated carbocycles. The zero-order valence-corrected chi connectivity index (χ0v) is 8.75. The van der Waals surface area contributed by atoms with Crippen LogP contribution in [-0.4, -0.2) is 36.0 Å². The van der Waals surface area contributed by atoms with E-state index in [1.54, 1.807) is 13.8 Å². The fourth-order valence-electron chi connectivity index (χ4n) is 1.37. The third-order valence-electron chi connectivity index (χ3n) is 2.01. The molecule has 2 aromatic heterocycles. The summed E-state index contributed by atoms with van der Waals surface area (Å²) in [5.74, 6) is 0.227. The fourth-order valence-corrected chi connectivity index (χ4v) is 1.37. The van der Waals surface area contributed by atoms with Crippen molar-refractivity contribution in [3.8, 4) is 5.82 Å². The van der Waals surface area contributed by atoms with Crippen molar-refractivity contribution in [3.63, 3.8) is 0 Å². The zero-order valence-electron chi connectivity index (χ0n) is 8.75. The predicted octanol–water partition coefficient (Wildman–Crippen LogP) is 0.372. The van der Waals surface area contributed by atoms with Crippen molar-refractivity contribution in [2.24, 2.45) is 0 Å². The van der Waals surface area contributed by atoms with E-state index in [1.165, 1.54) is 16.9 Å². The Labute approximate surface area is 90.8 Å². The molecular weight excluding hydrogens is 210 g/mol. The highest BCUT2D eigenvalue weighted by atomic mass is 16.4. The van der Waals surface area contributed by atoms with Crippen molar-refractivity contribution in [2.45, 2.75) is 13.8 Å². The molecule has 0 unspecified atom stereocenters. The molecule has 0 radical (unpaired) electrons. The monoisotopic (exact) mass is 219 g/mol. The van der Waals surface area contributed by atoms with Crippen LogP contribution < -0.4 is 0 Å². The first kappa shape index (κ1) is 10.2. The molecule has 0 spiro atoms. The van der Waals surface area contributed by atoms with Gasteiger partial charge in [-0.2, -0.15) is 9.78 Å². The van der Waals surface area contributed by atoms with Crippen LogP contribution in [0.25, 0.3) is 5.82 Å². The lowest BCUT2D eigenvalue weighted by Gasteiger charge is -2.03. The summed E-state index contributed by atoms with van der Waals surface area (Å²) in [6, 6.07) is 1.38. The molecule has 82 valence electrons. The summed E-state index contributed by atoms with van der Waals surface area (Å²) in [6.07, 6.45) is 1.33. The van der Waals surface area contributed by atoms with Crippen molar-refractivity contribution in [3.05, 3.63) is 29.5 Å². The number of carboxylic acids is 1. The second kappa shape index (κ2) is 3.69. The van der Waals surface area contributed by atoms with E-state index in [0.717, 1.165) is 0 Å². The highest BCUT2D eigenvalue weighted by molar-refractivity contribution is 5.90. The number of rotatable bonds is 2. The number of aromatic carboxylic acids is 1. The van der Waals surface area contributed by atoms with Gasteiger partial charge in [0.25, 0.3) is 0 Å². The van der Waals surface area contributed by atoms with Crippen LogP contribution in [0.4, 0.5) is 0 Å². The van der Waals surface area contributed by atoms with Crippen LogP contribution in [-0.2, 0) is 0 Å².